The number of benzene rings is 2. The van der Waals surface area contributed by atoms with Gasteiger partial charge in [0.25, 0.3) is 5.91 Å². The average molecular weight is 447 g/mol. The first-order valence-electron chi connectivity index (χ1n) is 10.5. The molecule has 7 nitrogen and oxygen atoms in total. The van der Waals surface area contributed by atoms with E-state index in [0.717, 1.165) is 5.56 Å². The SMILES string of the molecule is CCOc1cc(C(CS(=O)(=O)N(CC)CC)N2Cc3ccccc3C2=O)ccc1OC. The number of sulfonamides is 1. The van der Waals surface area contributed by atoms with Gasteiger partial charge in [0.1, 0.15) is 0 Å². The van der Waals surface area contributed by atoms with Crippen molar-refractivity contribution in [1.82, 2.24) is 9.21 Å². The van der Waals surface area contributed by atoms with Gasteiger partial charge in [-0.15, -0.1) is 0 Å². The third kappa shape index (κ3) is 4.70. The first-order chi connectivity index (χ1) is 14.9. The fraction of sp³-hybridized carbons (Fsp3) is 0.435. The number of amides is 1. The van der Waals surface area contributed by atoms with Gasteiger partial charge in [-0.1, -0.05) is 38.1 Å². The van der Waals surface area contributed by atoms with Gasteiger partial charge in [-0.2, -0.15) is 0 Å². The highest BCUT2D eigenvalue weighted by Crippen LogP contribution is 2.37. The first-order valence-corrected chi connectivity index (χ1v) is 12.1. The lowest BCUT2D eigenvalue weighted by molar-refractivity contribution is 0.0717. The highest BCUT2D eigenvalue weighted by atomic mass is 32.2. The minimum Gasteiger partial charge on any atom is -0.493 e. The normalized spacial score (nSPS) is 14.6. The largest absolute Gasteiger partial charge is 0.493 e. The minimum atomic E-state index is -3.59. The molecule has 0 radical (unpaired) electrons. The highest BCUT2D eigenvalue weighted by molar-refractivity contribution is 7.89. The van der Waals surface area contributed by atoms with Crippen molar-refractivity contribution >= 4 is 15.9 Å². The summed E-state index contributed by atoms with van der Waals surface area (Å²) in [7, 11) is -2.04. The molecule has 2 aromatic carbocycles. The van der Waals surface area contributed by atoms with Crippen molar-refractivity contribution in [2.45, 2.75) is 33.4 Å². The van der Waals surface area contributed by atoms with Gasteiger partial charge >= 0.3 is 0 Å². The lowest BCUT2D eigenvalue weighted by atomic mass is 10.1. The summed E-state index contributed by atoms with van der Waals surface area (Å²) in [6.07, 6.45) is 0. The molecule has 3 rings (SSSR count). The Balaban J connectivity index is 2.06. The summed E-state index contributed by atoms with van der Waals surface area (Å²) in [5.41, 5.74) is 2.21. The number of methoxy groups -OCH3 is 1. The Morgan fingerprint density at radius 2 is 1.77 bits per heavy atom. The van der Waals surface area contributed by atoms with Crippen LogP contribution in [0.25, 0.3) is 0 Å². The predicted octanol–water partition coefficient (Wildman–Crippen LogP) is 3.46. The molecule has 0 saturated carbocycles. The maximum atomic E-state index is 13.2. The second-order valence-electron chi connectivity index (χ2n) is 7.31. The fourth-order valence-corrected chi connectivity index (χ4v) is 5.75. The zero-order valence-corrected chi connectivity index (χ0v) is 19.3. The molecular formula is C23H30N2O5S. The van der Waals surface area contributed by atoms with Gasteiger partial charge in [-0.25, -0.2) is 12.7 Å². The first kappa shape index (κ1) is 23.1. The summed E-state index contributed by atoms with van der Waals surface area (Å²) in [4.78, 5) is 14.8. The van der Waals surface area contributed by atoms with E-state index in [-0.39, 0.29) is 11.7 Å². The van der Waals surface area contributed by atoms with Gasteiger partial charge in [-0.05, 0) is 36.2 Å². The molecule has 1 aliphatic heterocycles. The van der Waals surface area contributed by atoms with E-state index in [2.05, 4.69) is 0 Å². The van der Waals surface area contributed by atoms with Gasteiger partial charge in [0.2, 0.25) is 10.0 Å². The third-order valence-electron chi connectivity index (χ3n) is 5.57. The van der Waals surface area contributed by atoms with E-state index in [4.69, 9.17) is 9.47 Å². The summed E-state index contributed by atoms with van der Waals surface area (Å²) < 4.78 is 38.9. The van der Waals surface area contributed by atoms with Crippen molar-refractivity contribution in [1.29, 1.82) is 0 Å². The van der Waals surface area contributed by atoms with E-state index in [1.807, 2.05) is 39.0 Å². The van der Waals surface area contributed by atoms with Crippen LogP contribution in [0, 0.1) is 0 Å². The molecule has 2 aromatic rings. The zero-order chi connectivity index (χ0) is 22.6. The fourth-order valence-electron chi connectivity index (χ4n) is 3.99. The predicted molar refractivity (Wildman–Crippen MR) is 120 cm³/mol. The molecule has 1 atom stereocenters. The number of carbonyl (C=O) groups excluding carboxylic acids is 1. The van der Waals surface area contributed by atoms with E-state index in [1.165, 1.54) is 4.31 Å². The van der Waals surface area contributed by atoms with E-state index in [1.54, 1.807) is 36.3 Å². The second kappa shape index (κ2) is 9.70. The number of ether oxygens (including phenoxy) is 2. The van der Waals surface area contributed by atoms with Crippen LogP contribution in [0.4, 0.5) is 0 Å². The van der Waals surface area contributed by atoms with Crippen LogP contribution in [-0.2, 0) is 16.6 Å². The average Bonchev–Trinajstić information content (AvgIpc) is 3.09. The molecule has 0 aliphatic carbocycles. The smallest absolute Gasteiger partial charge is 0.255 e. The van der Waals surface area contributed by atoms with Crippen LogP contribution in [0.1, 0.15) is 48.3 Å². The zero-order valence-electron chi connectivity index (χ0n) is 18.5. The molecule has 31 heavy (non-hydrogen) atoms. The Kier molecular flexibility index (Phi) is 7.23. The highest BCUT2D eigenvalue weighted by Gasteiger charge is 2.37. The molecule has 0 bridgehead atoms. The molecule has 168 valence electrons. The maximum Gasteiger partial charge on any atom is 0.255 e. The summed E-state index contributed by atoms with van der Waals surface area (Å²) in [6.45, 7) is 7.06. The molecule has 1 amide bonds. The summed E-state index contributed by atoms with van der Waals surface area (Å²) in [6, 6.07) is 12.1. The summed E-state index contributed by atoms with van der Waals surface area (Å²) in [5.74, 6) is 0.722. The number of rotatable bonds is 10. The maximum absolute atomic E-state index is 13.2. The van der Waals surface area contributed by atoms with Crippen molar-refractivity contribution in [2.75, 3.05) is 32.6 Å². The van der Waals surface area contributed by atoms with E-state index < -0.39 is 16.1 Å². The Bertz CT molecular complexity index is 1030. The van der Waals surface area contributed by atoms with Crippen LogP contribution in [0.15, 0.2) is 42.5 Å². The van der Waals surface area contributed by atoms with Crippen molar-refractivity contribution in [2.24, 2.45) is 0 Å². The third-order valence-corrected chi connectivity index (χ3v) is 7.61. The van der Waals surface area contributed by atoms with Gasteiger partial charge in [-0.3, -0.25) is 4.79 Å². The molecule has 0 saturated heterocycles. The quantitative estimate of drug-likeness (QED) is 0.559. The molecule has 8 heteroatoms. The lowest BCUT2D eigenvalue weighted by Gasteiger charge is -2.30. The Morgan fingerprint density at radius 3 is 2.39 bits per heavy atom. The number of nitrogens with zero attached hydrogens (tertiary/aromatic N) is 2. The molecule has 1 heterocycles. The van der Waals surface area contributed by atoms with E-state index in [9.17, 15) is 13.2 Å². The Morgan fingerprint density at radius 1 is 1.06 bits per heavy atom. The van der Waals surface area contributed by atoms with Crippen molar-refractivity contribution in [3.63, 3.8) is 0 Å². The molecule has 1 aliphatic rings. The standard InChI is InChI=1S/C23H30N2O5S/c1-5-24(6-2)31(27,28)16-20(17-12-13-21(29-4)22(14-17)30-7-3)25-15-18-10-8-9-11-19(18)23(25)26/h8-14,20H,5-7,15-16H2,1-4H3. The van der Waals surface area contributed by atoms with Crippen molar-refractivity contribution in [3.05, 3.63) is 59.2 Å². The molecule has 0 aromatic heterocycles. The minimum absolute atomic E-state index is 0.163. The van der Waals surface area contributed by atoms with Crippen LogP contribution in [0.2, 0.25) is 0 Å². The van der Waals surface area contributed by atoms with Crippen LogP contribution in [0.3, 0.4) is 0 Å². The van der Waals surface area contributed by atoms with Gasteiger partial charge in [0, 0.05) is 25.2 Å². The second-order valence-corrected chi connectivity index (χ2v) is 9.33. The number of hydrogen-bond acceptors (Lipinski definition) is 5. The van der Waals surface area contributed by atoms with Gasteiger partial charge < -0.3 is 14.4 Å². The molecule has 0 fully saturated rings. The van der Waals surface area contributed by atoms with Crippen LogP contribution in [0.5, 0.6) is 11.5 Å². The lowest BCUT2D eigenvalue weighted by Crippen LogP contribution is -2.40. The number of fused-ring (bicyclic) bond motifs is 1. The summed E-state index contributed by atoms with van der Waals surface area (Å²) in [5, 5.41) is 0. The Labute approximate surface area is 184 Å². The monoisotopic (exact) mass is 446 g/mol. The van der Waals surface area contributed by atoms with E-state index in [0.29, 0.717) is 48.9 Å². The van der Waals surface area contributed by atoms with Crippen molar-refractivity contribution in [3.8, 4) is 11.5 Å². The van der Waals surface area contributed by atoms with Crippen LogP contribution in [-0.4, -0.2) is 56.1 Å². The molecule has 0 spiro atoms. The van der Waals surface area contributed by atoms with Crippen LogP contribution < -0.4 is 9.47 Å². The van der Waals surface area contributed by atoms with Crippen LogP contribution >= 0.6 is 0 Å². The number of hydrogen-bond donors (Lipinski definition) is 0. The van der Waals surface area contributed by atoms with Crippen molar-refractivity contribution < 1.29 is 22.7 Å². The molecule has 1 unspecified atom stereocenters. The van der Waals surface area contributed by atoms with Gasteiger partial charge in [0.15, 0.2) is 11.5 Å². The molecule has 0 N–H and O–H groups in total. The number of carbonyl (C=O) groups is 1. The summed E-state index contributed by atoms with van der Waals surface area (Å²) >= 11 is 0. The Hall–Kier alpha value is -2.58. The molecular weight excluding hydrogens is 416 g/mol. The van der Waals surface area contributed by atoms with E-state index >= 15 is 0 Å². The van der Waals surface area contributed by atoms with Gasteiger partial charge in [0.05, 0.1) is 25.5 Å². The topological polar surface area (TPSA) is 76.2 Å².